The zero-order valence-electron chi connectivity index (χ0n) is 14.6. The third-order valence-electron chi connectivity index (χ3n) is 4.25. The number of hydrogen-bond donors (Lipinski definition) is 1. The maximum absolute atomic E-state index is 14.0. The maximum Gasteiger partial charge on any atom is 0.410 e. The Bertz CT molecular complexity index is 805. The zero-order chi connectivity index (χ0) is 18.9. The number of hydrogen-bond acceptors (Lipinski definition) is 3. The van der Waals surface area contributed by atoms with Crippen LogP contribution in [0.5, 0.6) is 5.75 Å². The lowest BCUT2D eigenvalue weighted by molar-refractivity contribution is -0.191. The first kappa shape index (κ1) is 18.5. The van der Waals surface area contributed by atoms with Crippen molar-refractivity contribution in [2.45, 2.75) is 32.5 Å². The van der Waals surface area contributed by atoms with Gasteiger partial charge in [-0.2, -0.15) is 13.2 Å². The second kappa shape index (κ2) is 7.15. The number of carbonyl (C=O) groups excluding carboxylic acids is 1. The minimum atomic E-state index is -4.57. The van der Waals surface area contributed by atoms with Crippen molar-refractivity contribution in [2.24, 2.45) is 5.92 Å². The number of benzene rings is 2. The molecule has 1 heterocycles. The minimum Gasteiger partial charge on any atom is -0.493 e. The normalized spacial score (nSPS) is 16.9. The molecule has 3 rings (SSSR count). The lowest BCUT2D eigenvalue weighted by Gasteiger charge is -2.31. The van der Waals surface area contributed by atoms with E-state index >= 15 is 0 Å². The molecule has 1 atom stereocenters. The third kappa shape index (κ3) is 3.77. The van der Waals surface area contributed by atoms with E-state index in [0.717, 1.165) is 5.01 Å². The average molecular weight is 366 g/mol. The molecular formula is C19H21F3N2O2. The average Bonchev–Trinajstić information content (AvgIpc) is 2.98. The van der Waals surface area contributed by atoms with Crippen LogP contribution in [0.4, 0.5) is 13.2 Å². The predicted octanol–water partition coefficient (Wildman–Crippen LogP) is 4.21. The number of amides is 1. The second-order valence-corrected chi connectivity index (χ2v) is 6.83. The van der Waals surface area contributed by atoms with Gasteiger partial charge in [-0.05, 0) is 22.8 Å². The molecule has 1 amide bonds. The van der Waals surface area contributed by atoms with E-state index in [9.17, 15) is 18.0 Å². The summed E-state index contributed by atoms with van der Waals surface area (Å²) in [5.74, 6) is -0.0462. The molecule has 0 aliphatic carbocycles. The number of alkyl halides is 3. The van der Waals surface area contributed by atoms with Gasteiger partial charge in [0, 0.05) is 18.5 Å². The molecule has 0 aromatic heterocycles. The van der Waals surface area contributed by atoms with Crippen LogP contribution in [0.2, 0.25) is 0 Å². The van der Waals surface area contributed by atoms with Crippen molar-refractivity contribution in [1.82, 2.24) is 10.4 Å². The number of carbonyl (C=O) groups is 1. The molecule has 1 aliphatic rings. The summed E-state index contributed by atoms with van der Waals surface area (Å²) in [5, 5.41) is 2.13. The molecule has 0 saturated carbocycles. The molecule has 2 aromatic rings. The number of halogens is 3. The van der Waals surface area contributed by atoms with Gasteiger partial charge in [0.25, 0.3) is 0 Å². The molecule has 1 saturated heterocycles. The Labute approximate surface area is 149 Å². The third-order valence-corrected chi connectivity index (χ3v) is 4.25. The van der Waals surface area contributed by atoms with Crippen molar-refractivity contribution < 1.29 is 22.7 Å². The second-order valence-electron chi connectivity index (χ2n) is 6.83. The van der Waals surface area contributed by atoms with Crippen LogP contribution in [0.1, 0.15) is 31.9 Å². The number of fused-ring (bicyclic) bond motifs is 1. The SMILES string of the molecule is CC(C)COc1ccc2ccccc2c1C(N1CCC(=O)N1)C(F)(F)F. The summed E-state index contributed by atoms with van der Waals surface area (Å²) < 4.78 is 47.9. The molecule has 0 radical (unpaired) electrons. The summed E-state index contributed by atoms with van der Waals surface area (Å²) in [6, 6.07) is 8.27. The first-order valence-electron chi connectivity index (χ1n) is 8.54. The lowest BCUT2D eigenvalue weighted by atomic mass is 9.96. The van der Waals surface area contributed by atoms with E-state index in [2.05, 4.69) is 5.43 Å². The van der Waals surface area contributed by atoms with Gasteiger partial charge in [0.05, 0.1) is 6.61 Å². The van der Waals surface area contributed by atoms with Crippen molar-refractivity contribution in [2.75, 3.05) is 13.2 Å². The zero-order valence-corrected chi connectivity index (χ0v) is 14.6. The van der Waals surface area contributed by atoms with Gasteiger partial charge in [-0.1, -0.05) is 44.2 Å². The van der Waals surface area contributed by atoms with Crippen LogP contribution >= 0.6 is 0 Å². The molecule has 4 nitrogen and oxygen atoms in total. The molecule has 0 bridgehead atoms. The molecule has 7 heteroatoms. The highest BCUT2D eigenvalue weighted by Gasteiger charge is 2.48. The predicted molar refractivity (Wildman–Crippen MR) is 92.5 cm³/mol. The quantitative estimate of drug-likeness (QED) is 0.862. The van der Waals surface area contributed by atoms with Crippen molar-refractivity contribution in [3.8, 4) is 5.75 Å². The molecule has 1 aliphatic heterocycles. The fourth-order valence-corrected chi connectivity index (χ4v) is 3.12. The summed E-state index contributed by atoms with van der Waals surface area (Å²) in [4.78, 5) is 11.5. The van der Waals surface area contributed by atoms with E-state index < -0.39 is 18.1 Å². The van der Waals surface area contributed by atoms with Gasteiger partial charge in [0.1, 0.15) is 5.75 Å². The van der Waals surface area contributed by atoms with E-state index in [1.165, 1.54) is 0 Å². The number of ether oxygens (including phenoxy) is 1. The molecule has 2 aromatic carbocycles. The van der Waals surface area contributed by atoms with Gasteiger partial charge in [-0.3, -0.25) is 10.2 Å². The highest BCUT2D eigenvalue weighted by Crippen LogP contribution is 2.45. The fraction of sp³-hybridized carbons (Fsp3) is 0.421. The Balaban J connectivity index is 2.17. The maximum atomic E-state index is 14.0. The van der Waals surface area contributed by atoms with Crippen LogP contribution in [-0.2, 0) is 4.79 Å². The molecule has 26 heavy (non-hydrogen) atoms. The summed E-state index contributed by atoms with van der Waals surface area (Å²) in [5.41, 5.74) is 2.37. The van der Waals surface area contributed by atoms with Gasteiger partial charge in [-0.25, -0.2) is 5.01 Å². The summed E-state index contributed by atoms with van der Waals surface area (Å²) in [6.07, 6.45) is -4.53. The lowest BCUT2D eigenvalue weighted by Crippen LogP contribution is -2.43. The van der Waals surface area contributed by atoms with Crippen molar-refractivity contribution in [3.63, 3.8) is 0 Å². The first-order chi connectivity index (χ1) is 12.3. The highest BCUT2D eigenvalue weighted by molar-refractivity contribution is 5.88. The molecule has 0 spiro atoms. The Kier molecular flexibility index (Phi) is 5.09. The molecule has 140 valence electrons. The fourth-order valence-electron chi connectivity index (χ4n) is 3.12. The van der Waals surface area contributed by atoms with Crippen LogP contribution in [0.15, 0.2) is 36.4 Å². The smallest absolute Gasteiger partial charge is 0.410 e. The van der Waals surface area contributed by atoms with Crippen LogP contribution in [0, 0.1) is 5.92 Å². The van der Waals surface area contributed by atoms with Crippen LogP contribution in [0.3, 0.4) is 0 Å². The standard InChI is InChI=1S/C19H21F3N2O2/c1-12(2)11-26-15-8-7-13-5-3-4-6-14(13)17(15)18(19(20,21)22)24-10-9-16(25)23-24/h3-8,12,18H,9-11H2,1-2H3,(H,23,25). The molecule has 1 N–H and O–H groups in total. The van der Waals surface area contributed by atoms with E-state index in [-0.39, 0.29) is 30.2 Å². The monoisotopic (exact) mass is 366 g/mol. The van der Waals surface area contributed by atoms with E-state index in [0.29, 0.717) is 17.4 Å². The Hall–Kier alpha value is -2.28. The van der Waals surface area contributed by atoms with Gasteiger partial charge < -0.3 is 4.74 Å². The number of rotatable bonds is 5. The largest absolute Gasteiger partial charge is 0.493 e. The van der Waals surface area contributed by atoms with Gasteiger partial charge in [0.2, 0.25) is 5.91 Å². The molecule has 1 unspecified atom stereocenters. The molecule has 1 fully saturated rings. The Morgan fingerprint density at radius 1 is 1.19 bits per heavy atom. The number of hydrazine groups is 1. The first-order valence-corrected chi connectivity index (χ1v) is 8.54. The van der Waals surface area contributed by atoms with Gasteiger partial charge >= 0.3 is 6.18 Å². The Morgan fingerprint density at radius 2 is 1.92 bits per heavy atom. The van der Waals surface area contributed by atoms with E-state index in [4.69, 9.17) is 4.74 Å². The van der Waals surface area contributed by atoms with Crippen molar-refractivity contribution >= 4 is 16.7 Å². The Morgan fingerprint density at radius 3 is 2.54 bits per heavy atom. The van der Waals surface area contributed by atoms with Crippen LogP contribution < -0.4 is 10.2 Å². The minimum absolute atomic E-state index is 0.00412. The number of nitrogens with zero attached hydrogens (tertiary/aromatic N) is 1. The topological polar surface area (TPSA) is 41.6 Å². The molecular weight excluding hydrogens is 345 g/mol. The summed E-state index contributed by atoms with van der Waals surface area (Å²) in [7, 11) is 0. The van der Waals surface area contributed by atoms with E-state index in [1.807, 2.05) is 13.8 Å². The summed E-state index contributed by atoms with van der Waals surface area (Å²) in [6.45, 7) is 4.17. The number of nitrogens with one attached hydrogen (secondary N) is 1. The summed E-state index contributed by atoms with van der Waals surface area (Å²) >= 11 is 0. The van der Waals surface area contributed by atoms with Crippen molar-refractivity contribution in [3.05, 3.63) is 42.0 Å². The van der Waals surface area contributed by atoms with Gasteiger partial charge in [-0.15, -0.1) is 0 Å². The van der Waals surface area contributed by atoms with Gasteiger partial charge in [0.15, 0.2) is 6.04 Å². The van der Waals surface area contributed by atoms with Crippen LogP contribution in [-0.4, -0.2) is 30.2 Å². The van der Waals surface area contributed by atoms with E-state index in [1.54, 1.807) is 36.4 Å². The van der Waals surface area contributed by atoms with Crippen molar-refractivity contribution in [1.29, 1.82) is 0 Å². The van der Waals surface area contributed by atoms with Crippen LogP contribution in [0.25, 0.3) is 10.8 Å². The highest BCUT2D eigenvalue weighted by atomic mass is 19.4.